The Morgan fingerprint density at radius 3 is 2.54 bits per heavy atom. The van der Waals surface area contributed by atoms with Gasteiger partial charge in [-0.25, -0.2) is 0 Å². The predicted molar refractivity (Wildman–Crippen MR) is 92.8 cm³/mol. The van der Waals surface area contributed by atoms with E-state index in [2.05, 4.69) is 0 Å². The molecule has 0 saturated carbocycles. The first-order valence-electron chi connectivity index (χ1n) is 8.41. The first-order valence-corrected chi connectivity index (χ1v) is 8.41. The fourth-order valence-corrected chi connectivity index (χ4v) is 2.96. The van der Waals surface area contributed by atoms with Crippen molar-refractivity contribution >= 4 is 17.8 Å². The van der Waals surface area contributed by atoms with Gasteiger partial charge in [0.05, 0.1) is 20.6 Å². The van der Waals surface area contributed by atoms with Crippen LogP contribution in [0.3, 0.4) is 0 Å². The molecule has 0 bridgehead atoms. The quantitative estimate of drug-likeness (QED) is 0.712. The minimum absolute atomic E-state index is 0.00706. The van der Waals surface area contributed by atoms with Crippen molar-refractivity contribution in [3.05, 3.63) is 23.8 Å². The number of hydrogen-bond acceptors (Lipinski definition) is 6. The van der Waals surface area contributed by atoms with Crippen molar-refractivity contribution in [1.29, 1.82) is 0 Å². The Morgan fingerprint density at radius 1 is 1.15 bits per heavy atom. The first-order chi connectivity index (χ1) is 12.5. The lowest BCUT2D eigenvalue weighted by atomic mass is 10.0. The Labute approximate surface area is 152 Å². The van der Waals surface area contributed by atoms with Crippen LogP contribution in [0.1, 0.15) is 24.8 Å². The van der Waals surface area contributed by atoms with Crippen molar-refractivity contribution in [3.8, 4) is 11.5 Å². The molecule has 1 heterocycles. The van der Waals surface area contributed by atoms with E-state index in [0.29, 0.717) is 30.0 Å². The summed E-state index contributed by atoms with van der Waals surface area (Å²) in [7, 11) is 3.03. The summed E-state index contributed by atoms with van der Waals surface area (Å²) in [6, 6.07) is 4.46. The Bertz CT molecular complexity index is 676. The van der Waals surface area contributed by atoms with Crippen molar-refractivity contribution in [2.75, 3.05) is 27.4 Å². The molecule has 0 spiro atoms. The molecule has 1 fully saturated rings. The van der Waals surface area contributed by atoms with Crippen LogP contribution in [0, 0.1) is 0 Å². The second-order valence-electron chi connectivity index (χ2n) is 6.03. The number of carbonyl (C=O) groups is 3. The largest absolute Gasteiger partial charge is 0.493 e. The number of hydrogen-bond donors (Lipinski definition) is 1. The van der Waals surface area contributed by atoms with Crippen LogP contribution in [0.2, 0.25) is 0 Å². The van der Waals surface area contributed by atoms with Crippen LogP contribution in [0.4, 0.5) is 0 Å². The molecule has 1 aliphatic heterocycles. The summed E-state index contributed by atoms with van der Waals surface area (Å²) >= 11 is 0. The molecule has 2 N–H and O–H groups in total. The van der Waals surface area contributed by atoms with Crippen LogP contribution in [0.5, 0.6) is 11.5 Å². The lowest BCUT2D eigenvalue weighted by Crippen LogP contribution is -2.51. The SMILES string of the molecule is COc1ccc(CC(=O)OCC(=O)N2CCCC[C@@H]2C(N)=O)cc1OC. The molecule has 0 radical (unpaired) electrons. The summed E-state index contributed by atoms with van der Waals surface area (Å²) < 4.78 is 15.4. The lowest BCUT2D eigenvalue weighted by molar-refractivity contribution is -0.154. The molecule has 26 heavy (non-hydrogen) atoms. The van der Waals surface area contributed by atoms with Crippen LogP contribution in [-0.2, 0) is 25.5 Å². The molecular formula is C18H24N2O6. The number of ether oxygens (including phenoxy) is 3. The van der Waals surface area contributed by atoms with Crippen LogP contribution in [-0.4, -0.2) is 56.1 Å². The third kappa shape index (κ3) is 4.87. The Balaban J connectivity index is 1.90. The van der Waals surface area contributed by atoms with Gasteiger partial charge in [-0.3, -0.25) is 14.4 Å². The van der Waals surface area contributed by atoms with Gasteiger partial charge in [0.25, 0.3) is 5.91 Å². The summed E-state index contributed by atoms with van der Waals surface area (Å²) in [5.74, 6) is -0.420. The number of amides is 2. The molecule has 1 aliphatic rings. The molecule has 1 aromatic rings. The number of nitrogens with zero attached hydrogens (tertiary/aromatic N) is 1. The van der Waals surface area contributed by atoms with Gasteiger partial charge in [-0.05, 0) is 37.0 Å². The third-order valence-electron chi connectivity index (χ3n) is 4.30. The number of esters is 1. The number of piperidine rings is 1. The molecule has 142 valence electrons. The van der Waals surface area contributed by atoms with E-state index in [9.17, 15) is 14.4 Å². The van der Waals surface area contributed by atoms with Crippen LogP contribution in [0.15, 0.2) is 18.2 Å². The molecule has 2 amide bonds. The molecule has 1 atom stereocenters. The van der Waals surface area contributed by atoms with Crippen LogP contribution in [0.25, 0.3) is 0 Å². The van der Waals surface area contributed by atoms with Crippen molar-refractivity contribution in [2.45, 2.75) is 31.7 Å². The molecule has 8 nitrogen and oxygen atoms in total. The minimum Gasteiger partial charge on any atom is -0.493 e. The molecule has 1 saturated heterocycles. The van der Waals surface area contributed by atoms with E-state index in [1.807, 2.05) is 0 Å². The number of methoxy groups -OCH3 is 2. The van der Waals surface area contributed by atoms with Gasteiger partial charge in [0, 0.05) is 6.54 Å². The summed E-state index contributed by atoms with van der Waals surface area (Å²) in [6.45, 7) is 0.0373. The molecule has 0 aromatic heterocycles. The highest BCUT2D eigenvalue weighted by molar-refractivity contribution is 5.88. The highest BCUT2D eigenvalue weighted by atomic mass is 16.5. The number of likely N-dealkylation sites (tertiary alicyclic amines) is 1. The predicted octanol–water partition coefficient (Wildman–Crippen LogP) is 0.656. The standard InChI is InChI=1S/C18H24N2O6/c1-24-14-7-6-12(9-15(14)25-2)10-17(22)26-11-16(21)20-8-4-3-5-13(20)18(19)23/h6-7,9,13H,3-5,8,10-11H2,1-2H3,(H2,19,23)/t13-/m1/s1. The maximum atomic E-state index is 12.3. The van der Waals surface area contributed by atoms with E-state index in [1.165, 1.54) is 19.1 Å². The average Bonchev–Trinajstić information content (AvgIpc) is 2.65. The van der Waals surface area contributed by atoms with Crippen molar-refractivity contribution in [1.82, 2.24) is 4.90 Å². The minimum atomic E-state index is -0.624. The van der Waals surface area contributed by atoms with Gasteiger partial charge in [0.1, 0.15) is 6.04 Å². The molecule has 8 heteroatoms. The zero-order chi connectivity index (χ0) is 19.1. The van der Waals surface area contributed by atoms with E-state index in [0.717, 1.165) is 12.8 Å². The summed E-state index contributed by atoms with van der Waals surface area (Å²) in [6.07, 6.45) is 2.18. The zero-order valence-corrected chi connectivity index (χ0v) is 15.0. The van der Waals surface area contributed by atoms with Crippen LogP contribution >= 0.6 is 0 Å². The van der Waals surface area contributed by atoms with Crippen molar-refractivity contribution in [3.63, 3.8) is 0 Å². The molecule has 0 aliphatic carbocycles. The maximum Gasteiger partial charge on any atom is 0.310 e. The zero-order valence-electron chi connectivity index (χ0n) is 15.0. The fraction of sp³-hybridized carbons (Fsp3) is 0.500. The normalized spacial score (nSPS) is 16.7. The topological polar surface area (TPSA) is 108 Å². The van der Waals surface area contributed by atoms with Gasteiger partial charge in [-0.15, -0.1) is 0 Å². The second-order valence-corrected chi connectivity index (χ2v) is 6.03. The Hall–Kier alpha value is -2.77. The van der Waals surface area contributed by atoms with Crippen molar-refractivity contribution < 1.29 is 28.6 Å². The smallest absolute Gasteiger partial charge is 0.310 e. The fourth-order valence-electron chi connectivity index (χ4n) is 2.96. The van der Waals surface area contributed by atoms with E-state index in [1.54, 1.807) is 18.2 Å². The summed E-state index contributed by atoms with van der Waals surface area (Å²) in [5, 5.41) is 0. The molecule has 2 rings (SSSR count). The van der Waals surface area contributed by atoms with E-state index < -0.39 is 30.4 Å². The Kier molecular flexibility index (Phi) is 6.82. The average molecular weight is 364 g/mol. The highest BCUT2D eigenvalue weighted by Gasteiger charge is 2.30. The molecule has 0 unspecified atom stereocenters. The number of benzene rings is 1. The number of carbonyl (C=O) groups excluding carboxylic acids is 3. The number of rotatable bonds is 7. The van der Waals surface area contributed by atoms with Crippen LogP contribution < -0.4 is 15.2 Å². The van der Waals surface area contributed by atoms with Gasteiger partial charge in [-0.2, -0.15) is 0 Å². The lowest BCUT2D eigenvalue weighted by Gasteiger charge is -2.33. The molecular weight excluding hydrogens is 340 g/mol. The first kappa shape index (κ1) is 19.6. The Morgan fingerprint density at radius 2 is 1.88 bits per heavy atom. The van der Waals surface area contributed by atoms with E-state index in [4.69, 9.17) is 19.9 Å². The maximum absolute atomic E-state index is 12.3. The van der Waals surface area contributed by atoms with E-state index >= 15 is 0 Å². The van der Waals surface area contributed by atoms with Crippen molar-refractivity contribution in [2.24, 2.45) is 5.73 Å². The molecule has 1 aromatic carbocycles. The third-order valence-corrected chi connectivity index (χ3v) is 4.30. The second kappa shape index (κ2) is 9.07. The van der Waals surface area contributed by atoms with Gasteiger partial charge < -0.3 is 24.8 Å². The van der Waals surface area contributed by atoms with Gasteiger partial charge in [-0.1, -0.05) is 6.07 Å². The van der Waals surface area contributed by atoms with Gasteiger partial charge in [0.15, 0.2) is 18.1 Å². The number of primary amides is 1. The van der Waals surface area contributed by atoms with Gasteiger partial charge in [0.2, 0.25) is 5.91 Å². The summed E-state index contributed by atoms with van der Waals surface area (Å²) in [5.41, 5.74) is 6.02. The van der Waals surface area contributed by atoms with E-state index in [-0.39, 0.29) is 6.42 Å². The monoisotopic (exact) mass is 364 g/mol. The van der Waals surface area contributed by atoms with Gasteiger partial charge >= 0.3 is 5.97 Å². The number of nitrogens with two attached hydrogens (primary N) is 1. The summed E-state index contributed by atoms with van der Waals surface area (Å²) in [4.78, 5) is 37.1. The highest BCUT2D eigenvalue weighted by Crippen LogP contribution is 2.27.